The van der Waals surface area contributed by atoms with Gasteiger partial charge >= 0.3 is 0 Å². The van der Waals surface area contributed by atoms with E-state index in [1.165, 1.54) is 0 Å². The summed E-state index contributed by atoms with van der Waals surface area (Å²) in [5, 5.41) is 0. The van der Waals surface area contributed by atoms with Gasteiger partial charge in [-0.25, -0.2) is 0 Å². The molecule has 3 heteroatoms. The highest BCUT2D eigenvalue weighted by Gasteiger charge is 2.14. The molecular weight excluding hydrogens is 190 g/mol. The minimum Gasteiger partial charge on any atom is -0.465 e. The van der Waals surface area contributed by atoms with Gasteiger partial charge in [0.15, 0.2) is 0 Å². The number of rotatable bonds is 3. The van der Waals surface area contributed by atoms with Crippen LogP contribution in [0.15, 0.2) is 28.9 Å². The largest absolute Gasteiger partial charge is 0.465 e. The summed E-state index contributed by atoms with van der Waals surface area (Å²) in [6, 6.07) is 4.31. The van der Waals surface area contributed by atoms with Crippen molar-refractivity contribution in [1.82, 2.24) is 4.90 Å². The fourth-order valence-electron chi connectivity index (χ4n) is 1.73. The van der Waals surface area contributed by atoms with Crippen molar-refractivity contribution in [3.63, 3.8) is 0 Å². The van der Waals surface area contributed by atoms with Gasteiger partial charge in [0, 0.05) is 19.1 Å². The molecule has 1 aliphatic rings. The van der Waals surface area contributed by atoms with Crippen molar-refractivity contribution in [2.24, 2.45) is 0 Å². The van der Waals surface area contributed by atoms with Gasteiger partial charge in [-0.1, -0.05) is 6.08 Å². The van der Waals surface area contributed by atoms with Crippen LogP contribution in [0.5, 0.6) is 0 Å². The number of nitrogens with zero attached hydrogens (tertiary/aromatic N) is 1. The van der Waals surface area contributed by atoms with E-state index in [1.54, 1.807) is 6.26 Å². The third-order valence-electron chi connectivity index (χ3n) is 2.70. The van der Waals surface area contributed by atoms with Gasteiger partial charge in [-0.3, -0.25) is 4.90 Å². The molecule has 0 N–H and O–H groups in total. The summed E-state index contributed by atoms with van der Waals surface area (Å²) >= 11 is 0. The highest BCUT2D eigenvalue weighted by molar-refractivity contribution is 5.42. The minimum atomic E-state index is 0.444. The molecule has 1 aromatic rings. The SMILES string of the molecule is CC(C=Cc1ccco1)N1CCOCC1. The van der Waals surface area contributed by atoms with Crippen molar-refractivity contribution in [3.8, 4) is 0 Å². The number of furan rings is 1. The first-order valence-electron chi connectivity index (χ1n) is 5.40. The normalized spacial score (nSPS) is 20.9. The van der Waals surface area contributed by atoms with Crippen LogP contribution in [0.4, 0.5) is 0 Å². The molecule has 0 amide bonds. The maximum Gasteiger partial charge on any atom is 0.126 e. The molecule has 0 bridgehead atoms. The van der Waals surface area contributed by atoms with Gasteiger partial charge in [0.25, 0.3) is 0 Å². The average Bonchev–Trinajstić information content (AvgIpc) is 2.80. The van der Waals surface area contributed by atoms with E-state index < -0.39 is 0 Å². The van der Waals surface area contributed by atoms with Crippen LogP contribution >= 0.6 is 0 Å². The van der Waals surface area contributed by atoms with E-state index in [9.17, 15) is 0 Å². The van der Waals surface area contributed by atoms with Crippen LogP contribution in [0.1, 0.15) is 12.7 Å². The van der Waals surface area contributed by atoms with E-state index in [2.05, 4.69) is 17.9 Å². The van der Waals surface area contributed by atoms with E-state index in [-0.39, 0.29) is 0 Å². The van der Waals surface area contributed by atoms with Crippen molar-refractivity contribution >= 4 is 6.08 Å². The Bertz CT molecular complexity index is 299. The summed E-state index contributed by atoms with van der Waals surface area (Å²) in [5.74, 6) is 0.912. The Morgan fingerprint density at radius 2 is 2.20 bits per heavy atom. The number of ether oxygens (including phenoxy) is 1. The van der Waals surface area contributed by atoms with Crippen molar-refractivity contribution in [1.29, 1.82) is 0 Å². The summed E-state index contributed by atoms with van der Waals surface area (Å²) in [4.78, 5) is 2.41. The van der Waals surface area contributed by atoms with Crippen LogP contribution in [-0.4, -0.2) is 37.2 Å². The molecule has 1 atom stereocenters. The molecule has 82 valence electrons. The van der Waals surface area contributed by atoms with Crippen LogP contribution in [0.3, 0.4) is 0 Å². The maximum absolute atomic E-state index is 5.32. The zero-order valence-corrected chi connectivity index (χ0v) is 9.06. The van der Waals surface area contributed by atoms with E-state index in [0.29, 0.717) is 6.04 Å². The quantitative estimate of drug-likeness (QED) is 0.758. The van der Waals surface area contributed by atoms with Crippen LogP contribution < -0.4 is 0 Å². The van der Waals surface area contributed by atoms with E-state index in [0.717, 1.165) is 32.1 Å². The highest BCUT2D eigenvalue weighted by atomic mass is 16.5. The lowest BCUT2D eigenvalue weighted by Gasteiger charge is -2.30. The molecule has 0 aromatic carbocycles. The zero-order valence-electron chi connectivity index (χ0n) is 9.06. The van der Waals surface area contributed by atoms with Crippen LogP contribution in [0.2, 0.25) is 0 Å². The summed E-state index contributed by atoms with van der Waals surface area (Å²) in [6.45, 7) is 5.93. The Hall–Kier alpha value is -1.06. The van der Waals surface area contributed by atoms with Crippen molar-refractivity contribution in [2.75, 3.05) is 26.3 Å². The summed E-state index contributed by atoms with van der Waals surface area (Å²) in [7, 11) is 0. The molecule has 1 unspecified atom stereocenters. The summed E-state index contributed by atoms with van der Waals surface area (Å²) in [5.41, 5.74) is 0. The second-order valence-corrected chi connectivity index (χ2v) is 3.76. The number of hydrogen-bond donors (Lipinski definition) is 0. The fourth-order valence-corrected chi connectivity index (χ4v) is 1.73. The Labute approximate surface area is 90.3 Å². The van der Waals surface area contributed by atoms with Gasteiger partial charge < -0.3 is 9.15 Å². The van der Waals surface area contributed by atoms with Gasteiger partial charge in [-0.05, 0) is 25.1 Å². The van der Waals surface area contributed by atoms with Gasteiger partial charge in [0.05, 0.1) is 19.5 Å². The van der Waals surface area contributed by atoms with E-state index in [1.807, 2.05) is 18.2 Å². The summed E-state index contributed by atoms with van der Waals surface area (Å²) < 4.78 is 10.6. The molecular formula is C12H17NO2. The first kappa shape index (κ1) is 10.5. The standard InChI is InChI=1S/C12H17NO2/c1-11(13-6-9-14-10-7-13)4-5-12-3-2-8-15-12/h2-5,8,11H,6-7,9-10H2,1H3. The highest BCUT2D eigenvalue weighted by Crippen LogP contribution is 2.08. The molecule has 2 heterocycles. The Kier molecular flexibility index (Phi) is 3.59. The second kappa shape index (κ2) is 5.14. The van der Waals surface area contributed by atoms with Crippen molar-refractivity contribution < 1.29 is 9.15 Å². The van der Waals surface area contributed by atoms with Gasteiger partial charge in [0.2, 0.25) is 0 Å². The van der Waals surface area contributed by atoms with Crippen molar-refractivity contribution in [3.05, 3.63) is 30.2 Å². The van der Waals surface area contributed by atoms with Crippen LogP contribution in [-0.2, 0) is 4.74 Å². The lowest BCUT2D eigenvalue weighted by atomic mass is 10.2. The average molecular weight is 207 g/mol. The van der Waals surface area contributed by atoms with Gasteiger partial charge in [-0.15, -0.1) is 0 Å². The third kappa shape index (κ3) is 2.94. The fraction of sp³-hybridized carbons (Fsp3) is 0.500. The first-order chi connectivity index (χ1) is 7.36. The molecule has 0 saturated carbocycles. The lowest BCUT2D eigenvalue weighted by molar-refractivity contribution is 0.0288. The molecule has 0 aliphatic carbocycles. The molecule has 3 nitrogen and oxygen atoms in total. The molecule has 1 fully saturated rings. The maximum atomic E-state index is 5.32. The van der Waals surface area contributed by atoms with Crippen LogP contribution in [0, 0.1) is 0 Å². The Balaban J connectivity index is 1.87. The van der Waals surface area contributed by atoms with E-state index in [4.69, 9.17) is 9.15 Å². The van der Waals surface area contributed by atoms with E-state index >= 15 is 0 Å². The first-order valence-corrected chi connectivity index (χ1v) is 5.40. The minimum absolute atomic E-state index is 0.444. The monoisotopic (exact) mass is 207 g/mol. The molecule has 1 saturated heterocycles. The number of morpholine rings is 1. The molecule has 2 rings (SSSR count). The molecule has 1 aliphatic heterocycles. The molecule has 1 aromatic heterocycles. The summed E-state index contributed by atoms with van der Waals surface area (Å²) in [6.07, 6.45) is 5.89. The van der Waals surface area contributed by atoms with Gasteiger partial charge in [-0.2, -0.15) is 0 Å². The van der Waals surface area contributed by atoms with Crippen LogP contribution in [0.25, 0.3) is 6.08 Å². The lowest BCUT2D eigenvalue weighted by Crippen LogP contribution is -2.41. The predicted molar refractivity (Wildman–Crippen MR) is 59.6 cm³/mol. The molecule has 15 heavy (non-hydrogen) atoms. The second-order valence-electron chi connectivity index (χ2n) is 3.76. The Morgan fingerprint density at radius 1 is 1.40 bits per heavy atom. The molecule has 0 spiro atoms. The Morgan fingerprint density at radius 3 is 2.87 bits per heavy atom. The number of hydrogen-bond acceptors (Lipinski definition) is 3. The zero-order chi connectivity index (χ0) is 10.5. The van der Waals surface area contributed by atoms with Crippen molar-refractivity contribution in [2.45, 2.75) is 13.0 Å². The van der Waals surface area contributed by atoms with Gasteiger partial charge in [0.1, 0.15) is 5.76 Å². The molecule has 0 radical (unpaired) electrons. The topological polar surface area (TPSA) is 25.6 Å². The predicted octanol–water partition coefficient (Wildman–Crippen LogP) is 2.01. The third-order valence-corrected chi connectivity index (χ3v) is 2.70. The smallest absolute Gasteiger partial charge is 0.126 e.